The zero-order valence-corrected chi connectivity index (χ0v) is 15.9. The highest BCUT2D eigenvalue weighted by atomic mass is 32.2. The molecule has 1 fully saturated rings. The average molecular weight is 392 g/mol. The summed E-state index contributed by atoms with van der Waals surface area (Å²) in [6, 6.07) is 11.1. The average Bonchev–Trinajstić information content (AvgIpc) is 2.65. The number of carbonyl (C=O) groups excluding carboxylic acids is 1. The highest BCUT2D eigenvalue weighted by molar-refractivity contribution is 7.92. The molecule has 144 valence electrons. The molecule has 0 aromatic heterocycles. The fourth-order valence-corrected chi connectivity index (χ4v) is 4.01. The first-order valence-corrected chi connectivity index (χ1v) is 10.1. The van der Waals surface area contributed by atoms with E-state index in [0.717, 1.165) is 0 Å². The van der Waals surface area contributed by atoms with Gasteiger partial charge in [-0.3, -0.25) is 9.52 Å². The Kier molecular flexibility index (Phi) is 5.48. The Morgan fingerprint density at radius 2 is 1.93 bits per heavy atom. The molecule has 2 unspecified atom stereocenters. The summed E-state index contributed by atoms with van der Waals surface area (Å²) < 4.78 is 46.7. The Morgan fingerprint density at radius 3 is 2.67 bits per heavy atom. The molecule has 1 amide bonds. The second-order valence-corrected chi connectivity index (χ2v) is 8.25. The van der Waals surface area contributed by atoms with E-state index in [1.54, 1.807) is 11.0 Å². The van der Waals surface area contributed by atoms with Crippen molar-refractivity contribution in [2.45, 2.75) is 30.9 Å². The van der Waals surface area contributed by atoms with E-state index in [4.69, 9.17) is 4.74 Å². The summed E-state index contributed by atoms with van der Waals surface area (Å²) >= 11 is 0. The van der Waals surface area contributed by atoms with E-state index >= 15 is 0 Å². The number of morpholine rings is 1. The Hall–Kier alpha value is -2.45. The van der Waals surface area contributed by atoms with Gasteiger partial charge in [0.2, 0.25) is 0 Å². The fraction of sp³-hybridized carbons (Fsp3) is 0.316. The number of amides is 1. The number of hydrogen-bond donors (Lipinski definition) is 1. The monoisotopic (exact) mass is 392 g/mol. The van der Waals surface area contributed by atoms with Crippen LogP contribution in [-0.4, -0.2) is 44.5 Å². The van der Waals surface area contributed by atoms with Gasteiger partial charge in [0.25, 0.3) is 15.9 Å². The van der Waals surface area contributed by atoms with Crippen LogP contribution in [0.4, 0.5) is 10.1 Å². The minimum absolute atomic E-state index is 0.0835. The molecular formula is C19H21FN2O4S. The van der Waals surface area contributed by atoms with E-state index in [1.165, 1.54) is 42.5 Å². The smallest absolute Gasteiger partial charge is 0.262 e. The van der Waals surface area contributed by atoms with Crippen LogP contribution in [0.5, 0.6) is 0 Å². The van der Waals surface area contributed by atoms with Crippen LogP contribution >= 0.6 is 0 Å². The van der Waals surface area contributed by atoms with Gasteiger partial charge in [0.1, 0.15) is 5.82 Å². The summed E-state index contributed by atoms with van der Waals surface area (Å²) in [6.07, 6.45) is -0.0835. The van der Waals surface area contributed by atoms with Crippen molar-refractivity contribution >= 4 is 21.6 Å². The molecule has 8 heteroatoms. The number of ether oxygens (including phenoxy) is 1. The first kappa shape index (κ1) is 19.3. The summed E-state index contributed by atoms with van der Waals surface area (Å²) in [7, 11) is -4.03. The molecule has 1 heterocycles. The zero-order chi connectivity index (χ0) is 19.6. The van der Waals surface area contributed by atoms with Crippen LogP contribution in [0, 0.1) is 5.82 Å². The zero-order valence-electron chi connectivity index (χ0n) is 15.1. The maximum absolute atomic E-state index is 13.8. The molecule has 2 aromatic carbocycles. The van der Waals surface area contributed by atoms with E-state index < -0.39 is 15.8 Å². The van der Waals surface area contributed by atoms with Gasteiger partial charge < -0.3 is 9.64 Å². The van der Waals surface area contributed by atoms with Crippen LogP contribution in [0.3, 0.4) is 0 Å². The molecule has 0 aliphatic carbocycles. The second-order valence-electron chi connectivity index (χ2n) is 6.56. The Labute approximate surface area is 158 Å². The molecule has 2 aromatic rings. The number of halogens is 1. The lowest BCUT2D eigenvalue weighted by atomic mass is 10.1. The predicted molar refractivity (Wildman–Crippen MR) is 99.6 cm³/mol. The van der Waals surface area contributed by atoms with Crippen molar-refractivity contribution in [1.82, 2.24) is 4.90 Å². The summed E-state index contributed by atoms with van der Waals surface area (Å²) in [5.74, 6) is -0.940. The van der Waals surface area contributed by atoms with Crippen molar-refractivity contribution in [1.29, 1.82) is 0 Å². The molecule has 6 nitrogen and oxygen atoms in total. The number of anilines is 1. The molecule has 3 rings (SSSR count). The lowest BCUT2D eigenvalue weighted by Gasteiger charge is -2.36. The predicted octanol–water partition coefficient (Wildman–Crippen LogP) is 2.88. The summed E-state index contributed by atoms with van der Waals surface area (Å²) in [6.45, 7) is 4.62. The number of benzene rings is 2. The number of nitrogens with one attached hydrogen (secondary N) is 1. The number of para-hydroxylation sites is 1. The van der Waals surface area contributed by atoms with E-state index in [9.17, 15) is 17.6 Å². The molecule has 2 atom stereocenters. The fourth-order valence-electron chi connectivity index (χ4n) is 2.90. The van der Waals surface area contributed by atoms with E-state index in [0.29, 0.717) is 13.2 Å². The topological polar surface area (TPSA) is 75.7 Å². The van der Waals surface area contributed by atoms with Gasteiger partial charge in [-0.05, 0) is 44.2 Å². The van der Waals surface area contributed by atoms with Crippen LogP contribution in [-0.2, 0) is 14.8 Å². The van der Waals surface area contributed by atoms with Crippen LogP contribution in [0.1, 0.15) is 24.2 Å². The molecule has 1 saturated heterocycles. The van der Waals surface area contributed by atoms with Gasteiger partial charge in [0.15, 0.2) is 0 Å². The third kappa shape index (κ3) is 4.28. The number of rotatable bonds is 4. The molecule has 1 N–H and O–H groups in total. The standard InChI is InChI=1S/C19H21FN2O4S/c1-13-12-26-14(2)11-22(13)19(23)15-6-5-7-16(10-15)27(24,25)21-18-9-4-3-8-17(18)20/h3-10,13-14,21H,11-12H2,1-2H3. The van der Waals surface area contributed by atoms with Crippen molar-refractivity contribution in [2.75, 3.05) is 17.9 Å². The third-order valence-corrected chi connectivity index (χ3v) is 5.74. The quantitative estimate of drug-likeness (QED) is 0.868. The SMILES string of the molecule is CC1CN(C(=O)c2cccc(S(=O)(=O)Nc3ccccc3F)c2)C(C)CO1. The van der Waals surface area contributed by atoms with Gasteiger partial charge in [0.05, 0.1) is 29.3 Å². The van der Waals surface area contributed by atoms with Gasteiger partial charge in [-0.25, -0.2) is 12.8 Å². The molecule has 27 heavy (non-hydrogen) atoms. The molecule has 1 aliphatic rings. The highest BCUT2D eigenvalue weighted by Crippen LogP contribution is 2.21. The Morgan fingerprint density at radius 1 is 1.19 bits per heavy atom. The van der Waals surface area contributed by atoms with Crippen molar-refractivity contribution in [3.63, 3.8) is 0 Å². The lowest BCUT2D eigenvalue weighted by Crippen LogP contribution is -2.50. The van der Waals surface area contributed by atoms with Crippen LogP contribution in [0.15, 0.2) is 53.4 Å². The van der Waals surface area contributed by atoms with Crippen molar-refractivity contribution in [3.05, 3.63) is 59.9 Å². The van der Waals surface area contributed by atoms with Gasteiger partial charge in [0, 0.05) is 12.1 Å². The number of hydrogen-bond acceptors (Lipinski definition) is 4. The minimum Gasteiger partial charge on any atom is -0.375 e. The van der Waals surface area contributed by atoms with Crippen LogP contribution in [0.25, 0.3) is 0 Å². The maximum atomic E-state index is 13.8. The molecule has 0 spiro atoms. The normalized spacial score (nSPS) is 20.3. The van der Waals surface area contributed by atoms with Crippen LogP contribution in [0.2, 0.25) is 0 Å². The first-order valence-electron chi connectivity index (χ1n) is 8.58. The van der Waals surface area contributed by atoms with E-state index in [-0.39, 0.29) is 34.2 Å². The molecule has 0 radical (unpaired) electrons. The number of nitrogens with zero attached hydrogens (tertiary/aromatic N) is 1. The van der Waals surface area contributed by atoms with Gasteiger partial charge >= 0.3 is 0 Å². The second kappa shape index (κ2) is 7.66. The maximum Gasteiger partial charge on any atom is 0.262 e. The van der Waals surface area contributed by atoms with Crippen molar-refractivity contribution in [3.8, 4) is 0 Å². The van der Waals surface area contributed by atoms with Crippen LogP contribution < -0.4 is 4.72 Å². The largest absolute Gasteiger partial charge is 0.375 e. The summed E-state index contributed by atoms with van der Waals surface area (Å²) in [4.78, 5) is 14.4. The number of sulfonamides is 1. The lowest BCUT2D eigenvalue weighted by molar-refractivity contribution is -0.0387. The Bertz CT molecular complexity index is 948. The molecule has 0 bridgehead atoms. The summed E-state index contributed by atoms with van der Waals surface area (Å²) in [5, 5.41) is 0. The highest BCUT2D eigenvalue weighted by Gasteiger charge is 2.29. The van der Waals surface area contributed by atoms with Gasteiger partial charge in [-0.2, -0.15) is 0 Å². The third-order valence-electron chi connectivity index (χ3n) is 4.38. The summed E-state index contributed by atoms with van der Waals surface area (Å²) in [5.41, 5.74) is 0.109. The number of carbonyl (C=O) groups is 1. The minimum atomic E-state index is -4.03. The Balaban J connectivity index is 1.86. The van der Waals surface area contributed by atoms with Crippen molar-refractivity contribution < 1.29 is 22.3 Å². The van der Waals surface area contributed by atoms with E-state index in [2.05, 4.69) is 4.72 Å². The molecular weight excluding hydrogens is 371 g/mol. The molecule has 1 aliphatic heterocycles. The van der Waals surface area contributed by atoms with E-state index in [1.807, 2.05) is 13.8 Å². The van der Waals surface area contributed by atoms with Gasteiger partial charge in [-0.1, -0.05) is 18.2 Å². The molecule has 0 saturated carbocycles. The first-order chi connectivity index (χ1) is 12.8. The van der Waals surface area contributed by atoms with Gasteiger partial charge in [-0.15, -0.1) is 0 Å². The van der Waals surface area contributed by atoms with Crippen molar-refractivity contribution in [2.24, 2.45) is 0 Å².